The Balaban J connectivity index is 2.39. The molecule has 0 bridgehead atoms. The summed E-state index contributed by atoms with van der Waals surface area (Å²) in [5.74, 6) is -0.865. The maximum absolute atomic E-state index is 11.8. The number of halogens is 3. The third kappa shape index (κ3) is 2.98. The molecule has 0 aromatic rings. The summed E-state index contributed by atoms with van der Waals surface area (Å²) in [7, 11) is 0. The highest BCUT2D eigenvalue weighted by atomic mass is 19.4. The van der Waals surface area contributed by atoms with Crippen LogP contribution >= 0.6 is 0 Å². The zero-order chi connectivity index (χ0) is 9.41. The Bertz CT molecular complexity index is 165. The first-order chi connectivity index (χ1) is 5.29. The van der Waals surface area contributed by atoms with Crippen molar-refractivity contribution in [3.8, 4) is 0 Å². The van der Waals surface area contributed by atoms with Gasteiger partial charge in [0, 0.05) is 0 Å². The van der Waals surface area contributed by atoms with Gasteiger partial charge in [-0.25, -0.2) is 0 Å². The smallest absolute Gasteiger partial charge is 0.348 e. The molecule has 0 aliphatic carbocycles. The largest absolute Gasteiger partial charge is 0.391 e. The molecule has 0 aromatic carbocycles. The summed E-state index contributed by atoms with van der Waals surface area (Å²) in [5, 5.41) is 0. The van der Waals surface area contributed by atoms with E-state index in [9.17, 15) is 13.2 Å². The third-order valence-corrected chi connectivity index (χ3v) is 1.53. The molecule has 0 radical (unpaired) electrons. The fourth-order valence-electron chi connectivity index (χ4n) is 1.12. The van der Waals surface area contributed by atoms with Crippen LogP contribution < -0.4 is 0 Å². The molecule has 2 nitrogen and oxygen atoms in total. The van der Waals surface area contributed by atoms with Gasteiger partial charge < -0.3 is 9.47 Å². The SMILES string of the molecule is CC1(C)OC[C@@H](CC(F)(F)F)O1. The summed E-state index contributed by atoms with van der Waals surface area (Å²) in [6.07, 6.45) is -5.95. The van der Waals surface area contributed by atoms with E-state index >= 15 is 0 Å². The van der Waals surface area contributed by atoms with Crippen LogP contribution in [0, 0.1) is 0 Å². The molecule has 1 aliphatic heterocycles. The van der Waals surface area contributed by atoms with E-state index in [1.807, 2.05) is 0 Å². The molecule has 0 N–H and O–H groups in total. The van der Waals surface area contributed by atoms with Crippen LogP contribution in [0.3, 0.4) is 0 Å². The van der Waals surface area contributed by atoms with Crippen LogP contribution in [0.25, 0.3) is 0 Å². The lowest BCUT2D eigenvalue weighted by Gasteiger charge is -2.17. The summed E-state index contributed by atoms with van der Waals surface area (Å²) in [6, 6.07) is 0. The Kier molecular flexibility index (Phi) is 2.35. The summed E-state index contributed by atoms with van der Waals surface area (Å²) in [5.41, 5.74) is 0. The van der Waals surface area contributed by atoms with E-state index in [1.165, 1.54) is 0 Å². The van der Waals surface area contributed by atoms with Crippen molar-refractivity contribution >= 4 is 0 Å². The van der Waals surface area contributed by atoms with Crippen LogP contribution in [-0.2, 0) is 9.47 Å². The monoisotopic (exact) mass is 184 g/mol. The first kappa shape index (κ1) is 9.80. The van der Waals surface area contributed by atoms with Gasteiger partial charge in [-0.3, -0.25) is 0 Å². The Labute approximate surface area is 68.6 Å². The highest BCUT2D eigenvalue weighted by molar-refractivity contribution is 4.73. The molecular weight excluding hydrogens is 173 g/mol. The van der Waals surface area contributed by atoms with E-state index in [0.29, 0.717) is 0 Å². The lowest BCUT2D eigenvalue weighted by Crippen LogP contribution is -2.25. The molecule has 1 atom stereocenters. The highest BCUT2D eigenvalue weighted by Crippen LogP contribution is 2.30. The third-order valence-electron chi connectivity index (χ3n) is 1.53. The van der Waals surface area contributed by atoms with E-state index in [1.54, 1.807) is 13.8 Å². The van der Waals surface area contributed by atoms with Gasteiger partial charge in [0.15, 0.2) is 5.79 Å². The van der Waals surface area contributed by atoms with Gasteiger partial charge in [-0.1, -0.05) is 0 Å². The van der Waals surface area contributed by atoms with Crippen molar-refractivity contribution in [2.45, 2.75) is 38.3 Å². The van der Waals surface area contributed by atoms with Gasteiger partial charge in [0.2, 0.25) is 0 Å². The van der Waals surface area contributed by atoms with Crippen LogP contribution in [0.5, 0.6) is 0 Å². The molecule has 5 heteroatoms. The molecule has 0 spiro atoms. The number of hydrogen-bond donors (Lipinski definition) is 0. The van der Waals surface area contributed by atoms with Crippen molar-refractivity contribution in [2.75, 3.05) is 6.61 Å². The molecule has 1 heterocycles. The normalized spacial score (nSPS) is 29.2. The van der Waals surface area contributed by atoms with Gasteiger partial charge in [-0.15, -0.1) is 0 Å². The second kappa shape index (κ2) is 2.88. The molecule has 1 fully saturated rings. The first-order valence-electron chi connectivity index (χ1n) is 3.67. The van der Waals surface area contributed by atoms with Crippen molar-refractivity contribution in [3.05, 3.63) is 0 Å². The Morgan fingerprint density at radius 2 is 2.00 bits per heavy atom. The first-order valence-corrected chi connectivity index (χ1v) is 3.67. The van der Waals surface area contributed by atoms with Gasteiger partial charge in [-0.05, 0) is 13.8 Å². The predicted molar refractivity (Wildman–Crippen MR) is 35.6 cm³/mol. The van der Waals surface area contributed by atoms with Gasteiger partial charge in [0.05, 0.1) is 19.1 Å². The van der Waals surface area contributed by atoms with Crippen molar-refractivity contribution in [1.82, 2.24) is 0 Å². The minimum Gasteiger partial charge on any atom is -0.348 e. The van der Waals surface area contributed by atoms with Crippen molar-refractivity contribution < 1.29 is 22.6 Å². The summed E-state index contributed by atoms with van der Waals surface area (Å²) < 4.78 is 45.4. The maximum Gasteiger partial charge on any atom is 0.391 e. The lowest BCUT2D eigenvalue weighted by molar-refractivity contribution is -0.177. The standard InChI is InChI=1S/C7H11F3O2/c1-6(2)11-4-5(12-6)3-7(8,9)10/h5H,3-4H2,1-2H3/t5-/m1/s1. The van der Waals surface area contributed by atoms with Gasteiger partial charge in [0.1, 0.15) is 0 Å². The van der Waals surface area contributed by atoms with Crippen LogP contribution in [0.1, 0.15) is 20.3 Å². The molecule has 1 saturated heterocycles. The van der Waals surface area contributed by atoms with Gasteiger partial charge in [-0.2, -0.15) is 13.2 Å². The van der Waals surface area contributed by atoms with Gasteiger partial charge in [0.25, 0.3) is 0 Å². The van der Waals surface area contributed by atoms with Gasteiger partial charge >= 0.3 is 6.18 Å². The minimum absolute atomic E-state index is 0.0203. The predicted octanol–water partition coefficient (Wildman–Crippen LogP) is 2.09. The zero-order valence-electron chi connectivity index (χ0n) is 6.94. The highest BCUT2D eigenvalue weighted by Gasteiger charge is 2.40. The number of ether oxygens (including phenoxy) is 2. The topological polar surface area (TPSA) is 18.5 Å². The van der Waals surface area contributed by atoms with Crippen molar-refractivity contribution in [2.24, 2.45) is 0 Å². The molecule has 1 rings (SSSR count). The average Bonchev–Trinajstić information content (AvgIpc) is 2.05. The van der Waals surface area contributed by atoms with Crippen LogP contribution in [-0.4, -0.2) is 24.7 Å². The van der Waals surface area contributed by atoms with Crippen molar-refractivity contribution in [3.63, 3.8) is 0 Å². The molecule has 0 amide bonds. The molecule has 0 aromatic heterocycles. The molecular formula is C7H11F3O2. The number of alkyl halides is 3. The average molecular weight is 184 g/mol. The van der Waals surface area contributed by atoms with Crippen LogP contribution in [0.4, 0.5) is 13.2 Å². The lowest BCUT2D eigenvalue weighted by atomic mass is 10.2. The Hall–Kier alpha value is -0.290. The van der Waals surface area contributed by atoms with E-state index in [4.69, 9.17) is 9.47 Å². The van der Waals surface area contributed by atoms with E-state index in [0.717, 1.165) is 0 Å². The Morgan fingerprint density at radius 1 is 1.42 bits per heavy atom. The molecule has 72 valence electrons. The van der Waals surface area contributed by atoms with Crippen molar-refractivity contribution in [1.29, 1.82) is 0 Å². The summed E-state index contributed by atoms with van der Waals surface area (Å²) in [6.45, 7) is 3.22. The number of hydrogen-bond acceptors (Lipinski definition) is 2. The second-order valence-corrected chi connectivity index (χ2v) is 3.27. The summed E-state index contributed by atoms with van der Waals surface area (Å²) in [4.78, 5) is 0. The quantitative estimate of drug-likeness (QED) is 0.621. The van der Waals surface area contributed by atoms with E-state index in [2.05, 4.69) is 0 Å². The second-order valence-electron chi connectivity index (χ2n) is 3.27. The van der Waals surface area contributed by atoms with Crippen LogP contribution in [0.15, 0.2) is 0 Å². The Morgan fingerprint density at radius 3 is 2.33 bits per heavy atom. The molecule has 1 aliphatic rings. The van der Waals surface area contributed by atoms with E-state index < -0.39 is 24.5 Å². The molecule has 0 unspecified atom stereocenters. The molecule has 12 heavy (non-hydrogen) atoms. The van der Waals surface area contributed by atoms with E-state index in [-0.39, 0.29) is 6.61 Å². The maximum atomic E-state index is 11.8. The minimum atomic E-state index is -4.17. The fraction of sp³-hybridized carbons (Fsp3) is 1.00. The summed E-state index contributed by atoms with van der Waals surface area (Å²) >= 11 is 0. The van der Waals surface area contributed by atoms with Crippen LogP contribution in [0.2, 0.25) is 0 Å². The molecule has 0 saturated carbocycles. The fourth-order valence-corrected chi connectivity index (χ4v) is 1.12. The zero-order valence-corrected chi connectivity index (χ0v) is 6.94. The number of rotatable bonds is 1.